The molecule has 0 unspecified atom stereocenters. The average molecular weight is 264 g/mol. The summed E-state index contributed by atoms with van der Waals surface area (Å²) in [5, 5.41) is 0. The van der Waals surface area contributed by atoms with Crippen molar-refractivity contribution >= 4 is 11.9 Å². The largest absolute Gasteiger partial charge is 0.491 e. The van der Waals surface area contributed by atoms with Gasteiger partial charge in [-0.15, -0.1) is 0 Å². The van der Waals surface area contributed by atoms with Crippen LogP contribution >= 0.6 is 0 Å². The number of benzene rings is 1. The van der Waals surface area contributed by atoms with Crippen molar-refractivity contribution in [1.82, 2.24) is 0 Å². The standard InChI is InChI=1S/C15H20O4/c1-13(16)6-7-14-4-3-5-15(12-14)19-11-10-18-9-8-17-2/h3-7,12H,8-11H2,1-2H3. The number of hydrogen-bond donors (Lipinski definition) is 0. The van der Waals surface area contributed by atoms with E-state index in [0.29, 0.717) is 26.4 Å². The van der Waals surface area contributed by atoms with Gasteiger partial charge in [-0.3, -0.25) is 4.79 Å². The van der Waals surface area contributed by atoms with E-state index in [1.165, 1.54) is 13.0 Å². The maximum absolute atomic E-state index is 10.9. The lowest BCUT2D eigenvalue weighted by Gasteiger charge is -2.07. The minimum atomic E-state index is 0.0258. The summed E-state index contributed by atoms with van der Waals surface area (Å²) < 4.78 is 15.7. The molecule has 4 nitrogen and oxygen atoms in total. The van der Waals surface area contributed by atoms with E-state index >= 15 is 0 Å². The number of hydrogen-bond acceptors (Lipinski definition) is 4. The Labute approximate surface area is 114 Å². The van der Waals surface area contributed by atoms with E-state index in [0.717, 1.165) is 11.3 Å². The molecule has 0 aliphatic rings. The monoisotopic (exact) mass is 264 g/mol. The quantitative estimate of drug-likeness (QED) is 0.507. The van der Waals surface area contributed by atoms with Crippen LogP contribution in [0.25, 0.3) is 6.08 Å². The van der Waals surface area contributed by atoms with Crippen molar-refractivity contribution in [3.8, 4) is 5.75 Å². The number of rotatable bonds is 9. The first-order valence-corrected chi connectivity index (χ1v) is 6.20. The highest BCUT2D eigenvalue weighted by atomic mass is 16.5. The second-order valence-corrected chi connectivity index (χ2v) is 3.97. The molecule has 0 radical (unpaired) electrons. The Morgan fingerprint density at radius 1 is 1.21 bits per heavy atom. The van der Waals surface area contributed by atoms with Gasteiger partial charge in [-0.1, -0.05) is 18.2 Å². The van der Waals surface area contributed by atoms with E-state index < -0.39 is 0 Å². The van der Waals surface area contributed by atoms with Crippen LogP contribution in [0.2, 0.25) is 0 Å². The fourth-order valence-corrected chi connectivity index (χ4v) is 1.38. The van der Waals surface area contributed by atoms with Gasteiger partial charge in [0.25, 0.3) is 0 Å². The van der Waals surface area contributed by atoms with Crippen molar-refractivity contribution in [3.05, 3.63) is 35.9 Å². The first-order valence-electron chi connectivity index (χ1n) is 6.20. The molecule has 0 amide bonds. The summed E-state index contributed by atoms with van der Waals surface area (Å²) in [6.07, 6.45) is 3.30. The molecule has 0 N–H and O–H groups in total. The molecule has 1 aromatic carbocycles. The lowest BCUT2D eigenvalue weighted by Crippen LogP contribution is -2.09. The molecule has 0 aromatic heterocycles. The van der Waals surface area contributed by atoms with E-state index in [4.69, 9.17) is 14.2 Å². The van der Waals surface area contributed by atoms with Crippen LogP contribution in [-0.4, -0.2) is 39.3 Å². The predicted molar refractivity (Wildman–Crippen MR) is 74.3 cm³/mol. The molecule has 4 heteroatoms. The molecule has 0 bridgehead atoms. The van der Waals surface area contributed by atoms with Crippen molar-refractivity contribution in [1.29, 1.82) is 0 Å². The summed E-state index contributed by atoms with van der Waals surface area (Å²) in [6, 6.07) is 7.57. The van der Waals surface area contributed by atoms with Gasteiger partial charge in [-0.05, 0) is 30.7 Å². The van der Waals surface area contributed by atoms with Crippen molar-refractivity contribution in [2.45, 2.75) is 6.92 Å². The normalized spacial score (nSPS) is 10.8. The summed E-state index contributed by atoms with van der Waals surface area (Å²) in [5.41, 5.74) is 0.938. The number of ether oxygens (including phenoxy) is 3. The van der Waals surface area contributed by atoms with E-state index in [1.54, 1.807) is 13.2 Å². The minimum Gasteiger partial charge on any atom is -0.491 e. The second-order valence-electron chi connectivity index (χ2n) is 3.97. The van der Waals surface area contributed by atoms with Gasteiger partial charge in [-0.2, -0.15) is 0 Å². The second kappa shape index (κ2) is 9.30. The van der Waals surface area contributed by atoms with Crippen LogP contribution in [0.3, 0.4) is 0 Å². The van der Waals surface area contributed by atoms with Gasteiger partial charge in [-0.25, -0.2) is 0 Å². The Kier molecular flexibility index (Phi) is 7.54. The van der Waals surface area contributed by atoms with Crippen molar-refractivity contribution < 1.29 is 19.0 Å². The highest BCUT2D eigenvalue weighted by molar-refractivity contribution is 5.91. The molecule has 1 rings (SSSR count). The minimum absolute atomic E-state index is 0.0258. The maximum atomic E-state index is 10.9. The summed E-state index contributed by atoms with van der Waals surface area (Å²) >= 11 is 0. The highest BCUT2D eigenvalue weighted by Gasteiger charge is 1.95. The Morgan fingerprint density at radius 3 is 2.74 bits per heavy atom. The smallest absolute Gasteiger partial charge is 0.152 e. The molecule has 0 fully saturated rings. The molecule has 1 aromatic rings. The van der Waals surface area contributed by atoms with E-state index in [9.17, 15) is 4.79 Å². The Balaban J connectivity index is 2.34. The van der Waals surface area contributed by atoms with Gasteiger partial charge >= 0.3 is 0 Å². The fraction of sp³-hybridized carbons (Fsp3) is 0.400. The third-order valence-electron chi connectivity index (χ3n) is 2.30. The van der Waals surface area contributed by atoms with Gasteiger partial charge in [0.05, 0.1) is 19.8 Å². The lowest BCUT2D eigenvalue weighted by atomic mass is 10.2. The van der Waals surface area contributed by atoms with E-state index in [1.807, 2.05) is 24.3 Å². The van der Waals surface area contributed by atoms with Crippen LogP contribution in [0.1, 0.15) is 12.5 Å². The third kappa shape index (κ3) is 7.39. The Hall–Kier alpha value is -1.65. The van der Waals surface area contributed by atoms with Gasteiger partial charge < -0.3 is 14.2 Å². The van der Waals surface area contributed by atoms with Crippen LogP contribution in [0, 0.1) is 0 Å². The number of carbonyl (C=O) groups excluding carboxylic acids is 1. The summed E-state index contributed by atoms with van der Waals surface area (Å²) in [5.74, 6) is 0.791. The summed E-state index contributed by atoms with van der Waals surface area (Å²) in [7, 11) is 1.64. The Morgan fingerprint density at radius 2 is 2.00 bits per heavy atom. The number of carbonyl (C=O) groups is 1. The molecule has 0 spiro atoms. The Bertz CT molecular complexity index is 412. The van der Waals surface area contributed by atoms with Gasteiger partial charge in [0, 0.05) is 7.11 Å². The molecule has 0 aliphatic carbocycles. The van der Waals surface area contributed by atoms with Crippen LogP contribution in [0.15, 0.2) is 30.3 Å². The van der Waals surface area contributed by atoms with Crippen molar-refractivity contribution in [2.24, 2.45) is 0 Å². The van der Waals surface area contributed by atoms with Crippen LogP contribution in [0.4, 0.5) is 0 Å². The van der Waals surface area contributed by atoms with E-state index in [-0.39, 0.29) is 5.78 Å². The van der Waals surface area contributed by atoms with Gasteiger partial charge in [0.1, 0.15) is 12.4 Å². The number of methoxy groups -OCH3 is 1. The molecule has 0 heterocycles. The summed E-state index contributed by atoms with van der Waals surface area (Å²) in [6.45, 7) is 3.70. The molecular formula is C15H20O4. The SMILES string of the molecule is COCCOCCOc1cccc(C=CC(C)=O)c1. The van der Waals surface area contributed by atoms with E-state index in [2.05, 4.69) is 0 Å². The molecule has 0 aliphatic heterocycles. The average Bonchev–Trinajstić information content (AvgIpc) is 2.41. The molecule has 0 saturated carbocycles. The zero-order valence-corrected chi connectivity index (χ0v) is 11.4. The van der Waals surface area contributed by atoms with Gasteiger partial charge in [0.15, 0.2) is 5.78 Å². The summed E-state index contributed by atoms with van der Waals surface area (Å²) in [4.78, 5) is 10.9. The van der Waals surface area contributed by atoms with Crippen LogP contribution < -0.4 is 4.74 Å². The van der Waals surface area contributed by atoms with Crippen molar-refractivity contribution in [3.63, 3.8) is 0 Å². The molecular weight excluding hydrogens is 244 g/mol. The number of ketones is 1. The lowest BCUT2D eigenvalue weighted by molar-refractivity contribution is -0.112. The topological polar surface area (TPSA) is 44.8 Å². The first-order chi connectivity index (χ1) is 9.22. The predicted octanol–water partition coefficient (Wildman–Crippen LogP) is 2.33. The van der Waals surface area contributed by atoms with Crippen molar-refractivity contribution in [2.75, 3.05) is 33.5 Å². The molecule has 104 valence electrons. The van der Waals surface area contributed by atoms with Crippen LogP contribution in [-0.2, 0) is 14.3 Å². The first kappa shape index (κ1) is 15.4. The zero-order chi connectivity index (χ0) is 13.9. The highest BCUT2D eigenvalue weighted by Crippen LogP contribution is 2.14. The van der Waals surface area contributed by atoms with Crippen LogP contribution in [0.5, 0.6) is 5.75 Å². The molecule has 19 heavy (non-hydrogen) atoms. The fourth-order valence-electron chi connectivity index (χ4n) is 1.38. The number of allylic oxidation sites excluding steroid dienone is 1. The molecule has 0 saturated heterocycles. The zero-order valence-electron chi connectivity index (χ0n) is 11.4. The third-order valence-corrected chi connectivity index (χ3v) is 2.30. The van der Waals surface area contributed by atoms with Gasteiger partial charge in [0.2, 0.25) is 0 Å². The maximum Gasteiger partial charge on any atom is 0.152 e. The molecule has 0 atom stereocenters.